The predicted molar refractivity (Wildman–Crippen MR) is 87.6 cm³/mol. The van der Waals surface area contributed by atoms with E-state index in [9.17, 15) is 4.79 Å². The Bertz CT molecular complexity index is 681. The van der Waals surface area contributed by atoms with E-state index in [0.29, 0.717) is 12.4 Å². The second kappa shape index (κ2) is 7.90. The highest BCUT2D eigenvalue weighted by Gasteiger charge is 2.12. The molecule has 23 heavy (non-hydrogen) atoms. The van der Waals surface area contributed by atoms with Gasteiger partial charge in [-0.2, -0.15) is 0 Å². The quantitative estimate of drug-likeness (QED) is 0.796. The highest BCUT2D eigenvalue weighted by Crippen LogP contribution is 2.22. The van der Waals surface area contributed by atoms with E-state index in [1.54, 1.807) is 31.4 Å². The smallest absolute Gasteiger partial charge is 0.304 e. The number of rotatable bonds is 7. The number of carbonyl (C=O) groups is 1. The molecule has 1 N–H and O–H groups in total. The largest absolute Gasteiger partial charge is 0.497 e. The van der Waals surface area contributed by atoms with Crippen LogP contribution in [0.3, 0.4) is 0 Å². The van der Waals surface area contributed by atoms with Crippen LogP contribution in [0.5, 0.6) is 11.5 Å². The molecule has 2 aromatic rings. The maximum absolute atomic E-state index is 10.8. The van der Waals surface area contributed by atoms with E-state index in [-0.39, 0.29) is 6.42 Å². The molecule has 0 spiro atoms. The van der Waals surface area contributed by atoms with Crippen molar-refractivity contribution in [1.29, 1.82) is 0 Å². The highest BCUT2D eigenvalue weighted by molar-refractivity contribution is 5.68. The van der Waals surface area contributed by atoms with Gasteiger partial charge in [-0.1, -0.05) is 30.2 Å². The van der Waals surface area contributed by atoms with Crippen LogP contribution in [0.2, 0.25) is 0 Å². The minimum Gasteiger partial charge on any atom is -0.497 e. The summed E-state index contributed by atoms with van der Waals surface area (Å²) in [6.45, 7) is 0.442. The van der Waals surface area contributed by atoms with Crippen molar-refractivity contribution in [2.75, 3.05) is 7.11 Å². The third-order valence-electron chi connectivity index (χ3n) is 3.43. The Morgan fingerprint density at radius 3 is 2.26 bits per heavy atom. The van der Waals surface area contributed by atoms with Gasteiger partial charge in [0.15, 0.2) is 0 Å². The highest BCUT2D eigenvalue weighted by atomic mass is 16.5. The number of carboxylic acid groups (broad SMARTS) is 1. The van der Waals surface area contributed by atoms with Crippen molar-refractivity contribution < 1.29 is 19.4 Å². The first kappa shape index (κ1) is 16.4. The number of methoxy groups -OCH3 is 1. The third-order valence-corrected chi connectivity index (χ3v) is 3.43. The molecule has 0 saturated heterocycles. The lowest BCUT2D eigenvalue weighted by Crippen LogP contribution is -2.04. The summed E-state index contributed by atoms with van der Waals surface area (Å²) in [5, 5.41) is 8.85. The Labute approximate surface area is 135 Å². The minimum absolute atomic E-state index is 0.0808. The number of aliphatic carboxylic acids is 1. The summed E-state index contributed by atoms with van der Waals surface area (Å²) in [5.41, 5.74) is 1.83. The van der Waals surface area contributed by atoms with Gasteiger partial charge in [0.25, 0.3) is 0 Å². The van der Waals surface area contributed by atoms with Crippen LogP contribution >= 0.6 is 0 Å². The summed E-state index contributed by atoms with van der Waals surface area (Å²) in [5.74, 6) is 2.67. The Balaban J connectivity index is 1.96. The zero-order chi connectivity index (χ0) is 16.7. The lowest BCUT2D eigenvalue weighted by atomic mass is 9.97. The summed E-state index contributed by atoms with van der Waals surface area (Å²) in [6, 6.07) is 14.8. The molecule has 0 radical (unpaired) electrons. The second-order valence-corrected chi connectivity index (χ2v) is 5.02. The first-order chi connectivity index (χ1) is 11.1. The molecular weight excluding hydrogens is 292 g/mol. The molecule has 0 aromatic heterocycles. The molecule has 0 unspecified atom stereocenters. The maximum atomic E-state index is 10.8. The van der Waals surface area contributed by atoms with Crippen LogP contribution in [0, 0.1) is 12.3 Å². The summed E-state index contributed by atoms with van der Waals surface area (Å²) in [7, 11) is 1.63. The molecule has 0 bridgehead atoms. The number of benzene rings is 2. The van der Waals surface area contributed by atoms with Crippen molar-refractivity contribution in [3.63, 3.8) is 0 Å². The van der Waals surface area contributed by atoms with E-state index in [4.69, 9.17) is 21.0 Å². The second-order valence-electron chi connectivity index (χ2n) is 5.02. The van der Waals surface area contributed by atoms with Gasteiger partial charge in [0.2, 0.25) is 0 Å². The number of ether oxygens (including phenoxy) is 2. The summed E-state index contributed by atoms with van der Waals surface area (Å²) < 4.78 is 10.8. The van der Waals surface area contributed by atoms with E-state index < -0.39 is 11.9 Å². The van der Waals surface area contributed by atoms with E-state index in [1.165, 1.54) is 0 Å². The van der Waals surface area contributed by atoms with Gasteiger partial charge in [0.1, 0.15) is 18.1 Å². The molecule has 0 heterocycles. The summed E-state index contributed by atoms with van der Waals surface area (Å²) in [6.07, 6.45) is 5.31. The first-order valence-electron chi connectivity index (χ1n) is 7.16. The van der Waals surface area contributed by atoms with Crippen molar-refractivity contribution >= 4 is 5.97 Å². The van der Waals surface area contributed by atoms with Gasteiger partial charge in [-0.05, 0) is 35.4 Å². The predicted octanol–water partition coefficient (Wildman–Crippen LogP) is 3.47. The van der Waals surface area contributed by atoms with Crippen molar-refractivity contribution in [2.24, 2.45) is 0 Å². The van der Waals surface area contributed by atoms with Gasteiger partial charge in [0, 0.05) is 0 Å². The SMILES string of the molecule is C#C[C@H](CC(=O)O)c1ccc(OCc2ccc(OC)cc2)cc1. The molecule has 0 aliphatic heterocycles. The van der Waals surface area contributed by atoms with E-state index in [1.807, 2.05) is 24.3 Å². The third kappa shape index (κ3) is 4.79. The molecule has 0 saturated carbocycles. The molecule has 0 fully saturated rings. The van der Waals surface area contributed by atoms with Crippen LogP contribution in [0.15, 0.2) is 48.5 Å². The lowest BCUT2D eigenvalue weighted by Gasteiger charge is -2.11. The summed E-state index contributed by atoms with van der Waals surface area (Å²) >= 11 is 0. The molecule has 2 rings (SSSR count). The van der Waals surface area contributed by atoms with Crippen LogP contribution in [0.1, 0.15) is 23.5 Å². The van der Waals surface area contributed by atoms with Gasteiger partial charge in [-0.15, -0.1) is 6.42 Å². The van der Waals surface area contributed by atoms with Crippen molar-refractivity contribution in [2.45, 2.75) is 18.9 Å². The Morgan fingerprint density at radius 1 is 1.13 bits per heavy atom. The van der Waals surface area contributed by atoms with Crippen LogP contribution in [-0.4, -0.2) is 18.2 Å². The van der Waals surface area contributed by atoms with Crippen molar-refractivity contribution in [1.82, 2.24) is 0 Å². The van der Waals surface area contributed by atoms with Gasteiger partial charge >= 0.3 is 5.97 Å². The molecule has 4 nitrogen and oxygen atoms in total. The zero-order valence-corrected chi connectivity index (χ0v) is 12.9. The van der Waals surface area contributed by atoms with Crippen LogP contribution in [0.4, 0.5) is 0 Å². The molecule has 0 aliphatic rings. The Morgan fingerprint density at radius 2 is 1.74 bits per heavy atom. The molecular formula is C19H18O4. The number of terminal acetylenes is 1. The average molecular weight is 310 g/mol. The first-order valence-corrected chi connectivity index (χ1v) is 7.16. The Kier molecular flexibility index (Phi) is 5.65. The van der Waals surface area contributed by atoms with Gasteiger partial charge in [-0.3, -0.25) is 4.79 Å². The standard InChI is InChI=1S/C19H18O4/c1-3-15(12-19(20)21)16-6-10-18(11-7-16)23-13-14-4-8-17(22-2)9-5-14/h1,4-11,15H,12-13H2,2H3,(H,20,21)/t15-/m1/s1. The van der Waals surface area contributed by atoms with Crippen LogP contribution in [0.25, 0.3) is 0 Å². The van der Waals surface area contributed by atoms with E-state index in [0.717, 1.165) is 16.9 Å². The van der Waals surface area contributed by atoms with Gasteiger partial charge < -0.3 is 14.6 Å². The van der Waals surface area contributed by atoms with Crippen molar-refractivity contribution in [3.8, 4) is 23.8 Å². The maximum Gasteiger partial charge on any atom is 0.304 e. The Hall–Kier alpha value is -2.93. The minimum atomic E-state index is -0.909. The monoisotopic (exact) mass is 310 g/mol. The fourth-order valence-electron chi connectivity index (χ4n) is 2.13. The van der Waals surface area contributed by atoms with Gasteiger partial charge in [-0.25, -0.2) is 0 Å². The normalized spacial score (nSPS) is 11.3. The fraction of sp³-hybridized carbons (Fsp3) is 0.211. The topological polar surface area (TPSA) is 55.8 Å². The zero-order valence-electron chi connectivity index (χ0n) is 12.9. The molecule has 0 amide bonds. The number of carboxylic acids is 1. The summed E-state index contributed by atoms with van der Waals surface area (Å²) in [4.78, 5) is 10.8. The van der Waals surface area contributed by atoms with E-state index in [2.05, 4.69) is 5.92 Å². The number of hydrogen-bond donors (Lipinski definition) is 1. The molecule has 2 aromatic carbocycles. The molecule has 4 heteroatoms. The van der Waals surface area contributed by atoms with Gasteiger partial charge in [0.05, 0.1) is 19.4 Å². The molecule has 1 atom stereocenters. The van der Waals surface area contributed by atoms with Crippen molar-refractivity contribution in [3.05, 3.63) is 59.7 Å². The van der Waals surface area contributed by atoms with Crippen LogP contribution < -0.4 is 9.47 Å². The number of hydrogen-bond acceptors (Lipinski definition) is 3. The molecule has 0 aliphatic carbocycles. The lowest BCUT2D eigenvalue weighted by molar-refractivity contribution is -0.137. The average Bonchev–Trinajstić information content (AvgIpc) is 2.58. The van der Waals surface area contributed by atoms with Crippen LogP contribution in [-0.2, 0) is 11.4 Å². The molecule has 118 valence electrons. The van der Waals surface area contributed by atoms with E-state index >= 15 is 0 Å². The fourth-order valence-corrected chi connectivity index (χ4v) is 2.13.